The van der Waals surface area contributed by atoms with Crippen LogP contribution in [-0.4, -0.2) is 6.04 Å². The number of hydrogen-bond donors (Lipinski definition) is 1. The Labute approximate surface area is 100 Å². The summed E-state index contributed by atoms with van der Waals surface area (Å²) < 4.78 is 0. The van der Waals surface area contributed by atoms with Gasteiger partial charge >= 0.3 is 0 Å². The molecule has 0 aromatic rings. The highest BCUT2D eigenvalue weighted by atomic mass is 14.6. The minimum atomic E-state index is 0.160. The Morgan fingerprint density at radius 1 is 1.25 bits per heavy atom. The van der Waals surface area contributed by atoms with Crippen molar-refractivity contribution < 1.29 is 0 Å². The Hall–Kier alpha value is -0.820. The Bertz CT molecular complexity index is 329. The third-order valence-corrected chi connectivity index (χ3v) is 3.50. The first-order valence-corrected chi connectivity index (χ1v) is 6.35. The SMILES string of the molecule is C/C=C1/CCCC/C1=C(C)\C=C(\C)C(C)N. The van der Waals surface area contributed by atoms with Gasteiger partial charge in [-0.15, -0.1) is 0 Å². The van der Waals surface area contributed by atoms with Gasteiger partial charge in [-0.3, -0.25) is 0 Å². The highest BCUT2D eigenvalue weighted by Gasteiger charge is 2.12. The van der Waals surface area contributed by atoms with E-state index in [1.54, 1.807) is 5.57 Å². The van der Waals surface area contributed by atoms with Gasteiger partial charge in [0.1, 0.15) is 0 Å². The molecule has 0 saturated heterocycles. The topological polar surface area (TPSA) is 26.0 Å². The van der Waals surface area contributed by atoms with Crippen LogP contribution in [0.4, 0.5) is 0 Å². The van der Waals surface area contributed by atoms with E-state index in [4.69, 9.17) is 5.73 Å². The smallest absolute Gasteiger partial charge is 0.0225 e. The second-order valence-electron chi connectivity index (χ2n) is 4.86. The molecule has 0 radical (unpaired) electrons. The van der Waals surface area contributed by atoms with Crippen LogP contribution >= 0.6 is 0 Å². The van der Waals surface area contributed by atoms with E-state index < -0.39 is 0 Å². The van der Waals surface area contributed by atoms with Gasteiger partial charge in [-0.2, -0.15) is 0 Å². The third kappa shape index (κ3) is 3.34. The maximum atomic E-state index is 5.88. The predicted octanol–water partition coefficient (Wildman–Crippen LogP) is 4.12. The van der Waals surface area contributed by atoms with Crippen molar-refractivity contribution in [2.45, 2.75) is 59.4 Å². The highest BCUT2D eigenvalue weighted by Crippen LogP contribution is 2.31. The summed E-state index contributed by atoms with van der Waals surface area (Å²) in [4.78, 5) is 0. The lowest BCUT2D eigenvalue weighted by Crippen LogP contribution is -2.16. The molecule has 16 heavy (non-hydrogen) atoms. The molecule has 1 atom stereocenters. The molecule has 90 valence electrons. The van der Waals surface area contributed by atoms with E-state index >= 15 is 0 Å². The lowest BCUT2D eigenvalue weighted by molar-refractivity contribution is 0.674. The standard InChI is InChI=1S/C15H25N/c1-5-14-8-6-7-9-15(14)12(3)10-11(2)13(4)16/h5,10,13H,6-9,16H2,1-4H3/b11-10-,14-5-,15-12+. The molecular weight excluding hydrogens is 194 g/mol. The Morgan fingerprint density at radius 2 is 1.88 bits per heavy atom. The maximum Gasteiger partial charge on any atom is 0.0225 e. The lowest BCUT2D eigenvalue weighted by atomic mass is 9.86. The van der Waals surface area contributed by atoms with Crippen molar-refractivity contribution in [1.82, 2.24) is 0 Å². The number of allylic oxidation sites excluding steroid dienone is 5. The average Bonchev–Trinajstić information content (AvgIpc) is 2.28. The Kier molecular flexibility index (Phi) is 5.01. The van der Waals surface area contributed by atoms with E-state index in [9.17, 15) is 0 Å². The second kappa shape index (κ2) is 6.05. The molecule has 0 heterocycles. The molecule has 0 aromatic carbocycles. The van der Waals surface area contributed by atoms with Crippen molar-refractivity contribution in [3.8, 4) is 0 Å². The molecule has 0 spiro atoms. The van der Waals surface area contributed by atoms with Gasteiger partial charge < -0.3 is 5.73 Å². The summed E-state index contributed by atoms with van der Waals surface area (Å²) in [5.41, 5.74) is 11.6. The van der Waals surface area contributed by atoms with Crippen LogP contribution in [-0.2, 0) is 0 Å². The first-order valence-electron chi connectivity index (χ1n) is 6.35. The zero-order valence-corrected chi connectivity index (χ0v) is 11.1. The van der Waals surface area contributed by atoms with Gasteiger partial charge in [-0.25, -0.2) is 0 Å². The van der Waals surface area contributed by atoms with Crippen molar-refractivity contribution in [2.75, 3.05) is 0 Å². The van der Waals surface area contributed by atoms with Crippen molar-refractivity contribution >= 4 is 0 Å². The normalized spacial score (nSPS) is 25.8. The fourth-order valence-corrected chi connectivity index (χ4v) is 2.26. The summed E-state index contributed by atoms with van der Waals surface area (Å²) in [5.74, 6) is 0. The summed E-state index contributed by atoms with van der Waals surface area (Å²) in [6.07, 6.45) is 9.67. The van der Waals surface area contributed by atoms with E-state index in [1.807, 2.05) is 6.92 Å². The van der Waals surface area contributed by atoms with Crippen molar-refractivity contribution in [3.05, 3.63) is 34.4 Å². The van der Waals surface area contributed by atoms with Crippen LogP contribution in [0.5, 0.6) is 0 Å². The molecule has 1 fully saturated rings. The molecule has 1 aliphatic carbocycles. The van der Waals surface area contributed by atoms with Crippen molar-refractivity contribution in [3.63, 3.8) is 0 Å². The third-order valence-electron chi connectivity index (χ3n) is 3.50. The van der Waals surface area contributed by atoms with Crippen molar-refractivity contribution in [1.29, 1.82) is 0 Å². The number of hydrogen-bond acceptors (Lipinski definition) is 1. The van der Waals surface area contributed by atoms with Gasteiger partial charge in [0.15, 0.2) is 0 Å². The fourth-order valence-electron chi connectivity index (χ4n) is 2.26. The van der Waals surface area contributed by atoms with Crippen LogP contribution < -0.4 is 5.73 Å². The minimum Gasteiger partial charge on any atom is -0.324 e. The van der Waals surface area contributed by atoms with Crippen molar-refractivity contribution in [2.24, 2.45) is 5.73 Å². The Morgan fingerprint density at radius 3 is 2.44 bits per heavy atom. The van der Waals surface area contributed by atoms with E-state index in [0.717, 1.165) is 0 Å². The van der Waals surface area contributed by atoms with Crippen LogP contribution in [0.3, 0.4) is 0 Å². The molecule has 1 nitrogen and oxygen atoms in total. The van der Waals surface area contributed by atoms with Crippen LogP contribution in [0.1, 0.15) is 53.4 Å². The minimum absolute atomic E-state index is 0.160. The molecule has 0 amide bonds. The van der Waals surface area contributed by atoms with Gasteiger partial charge in [0.2, 0.25) is 0 Å². The first kappa shape index (κ1) is 13.2. The number of nitrogens with two attached hydrogens (primary N) is 1. The van der Waals surface area contributed by atoms with Gasteiger partial charge in [0, 0.05) is 6.04 Å². The monoisotopic (exact) mass is 219 g/mol. The van der Waals surface area contributed by atoms with Crippen LogP contribution in [0.2, 0.25) is 0 Å². The average molecular weight is 219 g/mol. The lowest BCUT2D eigenvalue weighted by Gasteiger charge is -2.20. The van der Waals surface area contributed by atoms with Gasteiger partial charge in [0.05, 0.1) is 0 Å². The zero-order valence-electron chi connectivity index (χ0n) is 11.1. The maximum absolute atomic E-state index is 5.88. The molecular formula is C15H25N. The summed E-state index contributed by atoms with van der Waals surface area (Å²) in [6.45, 7) is 8.53. The van der Waals surface area contributed by atoms with Crippen LogP contribution in [0.25, 0.3) is 0 Å². The molecule has 1 heteroatoms. The van der Waals surface area contributed by atoms with Crippen LogP contribution in [0.15, 0.2) is 34.4 Å². The molecule has 1 unspecified atom stereocenters. The molecule has 0 aromatic heterocycles. The fraction of sp³-hybridized carbons (Fsp3) is 0.600. The van der Waals surface area contributed by atoms with Gasteiger partial charge in [-0.1, -0.05) is 17.7 Å². The van der Waals surface area contributed by atoms with Gasteiger partial charge in [-0.05, 0) is 70.1 Å². The number of rotatable bonds is 2. The van der Waals surface area contributed by atoms with E-state index in [0.29, 0.717) is 0 Å². The van der Waals surface area contributed by atoms with E-state index in [2.05, 4.69) is 32.9 Å². The highest BCUT2D eigenvalue weighted by molar-refractivity contribution is 5.41. The summed E-state index contributed by atoms with van der Waals surface area (Å²) >= 11 is 0. The molecule has 0 bridgehead atoms. The summed E-state index contributed by atoms with van der Waals surface area (Å²) in [6, 6.07) is 0.160. The molecule has 1 aliphatic rings. The first-order chi connectivity index (χ1) is 7.56. The summed E-state index contributed by atoms with van der Waals surface area (Å²) in [5, 5.41) is 0. The molecule has 0 aliphatic heterocycles. The van der Waals surface area contributed by atoms with Gasteiger partial charge in [0.25, 0.3) is 0 Å². The van der Waals surface area contributed by atoms with E-state index in [1.165, 1.54) is 42.4 Å². The quantitative estimate of drug-likeness (QED) is 0.743. The van der Waals surface area contributed by atoms with E-state index in [-0.39, 0.29) is 6.04 Å². The molecule has 2 N–H and O–H groups in total. The molecule has 1 rings (SSSR count). The Balaban J connectivity index is 2.98. The summed E-state index contributed by atoms with van der Waals surface area (Å²) in [7, 11) is 0. The van der Waals surface area contributed by atoms with Crippen LogP contribution in [0, 0.1) is 0 Å². The second-order valence-corrected chi connectivity index (χ2v) is 4.86. The largest absolute Gasteiger partial charge is 0.324 e. The predicted molar refractivity (Wildman–Crippen MR) is 72.3 cm³/mol. The molecule has 1 saturated carbocycles. The zero-order chi connectivity index (χ0) is 12.1.